The van der Waals surface area contributed by atoms with Crippen molar-refractivity contribution in [2.75, 3.05) is 6.54 Å². The van der Waals surface area contributed by atoms with Crippen molar-refractivity contribution in [3.63, 3.8) is 0 Å². The predicted molar refractivity (Wildman–Crippen MR) is 55.9 cm³/mol. The molecule has 0 saturated carbocycles. The molecule has 0 aliphatic carbocycles. The maximum Gasteiger partial charge on any atom is 0.142 e. The molecule has 2 aromatic rings. The second-order valence-corrected chi connectivity index (χ2v) is 3.64. The van der Waals surface area contributed by atoms with E-state index in [4.69, 9.17) is 5.73 Å². The van der Waals surface area contributed by atoms with Crippen molar-refractivity contribution in [3.8, 4) is 10.7 Å². The fraction of sp³-hybridized carbons (Fsp3) is 0.222. The van der Waals surface area contributed by atoms with E-state index < -0.39 is 0 Å². The van der Waals surface area contributed by atoms with Crippen molar-refractivity contribution in [1.82, 2.24) is 15.0 Å². The molecule has 2 N–H and O–H groups in total. The zero-order valence-electron chi connectivity index (χ0n) is 7.55. The highest BCUT2D eigenvalue weighted by atomic mass is 32.1. The van der Waals surface area contributed by atoms with Crippen LogP contribution in [0.3, 0.4) is 0 Å². The Balaban J connectivity index is 2.25. The molecule has 4 nitrogen and oxygen atoms in total. The van der Waals surface area contributed by atoms with E-state index in [0.717, 1.165) is 22.8 Å². The number of aromatic nitrogens is 3. The molecular formula is C9H10N4S. The van der Waals surface area contributed by atoms with E-state index in [1.807, 2.05) is 11.4 Å². The first kappa shape index (κ1) is 9.23. The summed E-state index contributed by atoms with van der Waals surface area (Å²) in [6.07, 6.45) is 4.06. The molecule has 0 bridgehead atoms. The van der Waals surface area contributed by atoms with Crippen LogP contribution >= 0.6 is 11.3 Å². The van der Waals surface area contributed by atoms with Crippen molar-refractivity contribution < 1.29 is 0 Å². The van der Waals surface area contributed by atoms with E-state index in [2.05, 4.69) is 15.0 Å². The average Bonchev–Trinajstić information content (AvgIpc) is 2.68. The molecule has 5 heteroatoms. The Bertz CT molecular complexity index is 398. The second-order valence-electron chi connectivity index (χ2n) is 2.78. The summed E-state index contributed by atoms with van der Waals surface area (Å²) in [6, 6.07) is 1.85. The Labute approximate surface area is 85.9 Å². The molecule has 2 rings (SSSR count). The monoisotopic (exact) mass is 206 g/mol. The van der Waals surface area contributed by atoms with E-state index in [9.17, 15) is 0 Å². The molecule has 0 aliphatic heterocycles. The highest BCUT2D eigenvalue weighted by Crippen LogP contribution is 2.20. The minimum absolute atomic E-state index is 0.632. The van der Waals surface area contributed by atoms with Gasteiger partial charge in [-0.15, -0.1) is 11.3 Å². The summed E-state index contributed by atoms with van der Waals surface area (Å²) >= 11 is 1.59. The quantitative estimate of drug-likeness (QED) is 0.816. The Morgan fingerprint density at radius 1 is 1.43 bits per heavy atom. The number of nitrogens with two attached hydrogens (primary N) is 1. The van der Waals surface area contributed by atoms with Crippen LogP contribution in [-0.2, 0) is 6.42 Å². The molecule has 0 spiro atoms. The molecule has 14 heavy (non-hydrogen) atoms. The fourth-order valence-electron chi connectivity index (χ4n) is 1.10. The summed E-state index contributed by atoms with van der Waals surface area (Å²) in [6.45, 7) is 0.632. The summed E-state index contributed by atoms with van der Waals surface area (Å²) in [5.41, 5.74) is 7.35. The van der Waals surface area contributed by atoms with Crippen molar-refractivity contribution in [2.24, 2.45) is 5.73 Å². The Hall–Kier alpha value is -1.33. The van der Waals surface area contributed by atoms with Crippen LogP contribution in [0.15, 0.2) is 24.0 Å². The van der Waals surface area contributed by atoms with Gasteiger partial charge in [-0.1, -0.05) is 0 Å². The van der Waals surface area contributed by atoms with Crippen LogP contribution in [0.4, 0.5) is 0 Å². The summed E-state index contributed by atoms with van der Waals surface area (Å²) < 4.78 is 0. The zero-order chi connectivity index (χ0) is 9.80. The van der Waals surface area contributed by atoms with Crippen LogP contribution < -0.4 is 5.73 Å². The Morgan fingerprint density at radius 2 is 2.36 bits per heavy atom. The standard InChI is InChI=1S/C9H10N4S/c10-3-1-7-5-14-9(13-7)8-2-4-11-6-12-8/h2,4-6H,1,3,10H2. The third-order valence-corrected chi connectivity index (χ3v) is 2.67. The number of hydrogen-bond donors (Lipinski definition) is 1. The van der Waals surface area contributed by atoms with Crippen LogP contribution in [0.1, 0.15) is 5.69 Å². The van der Waals surface area contributed by atoms with Gasteiger partial charge in [-0.3, -0.25) is 0 Å². The van der Waals surface area contributed by atoms with Crippen molar-refractivity contribution in [1.29, 1.82) is 0 Å². The van der Waals surface area contributed by atoms with Gasteiger partial charge in [0.15, 0.2) is 0 Å². The number of thiazole rings is 1. The number of hydrogen-bond acceptors (Lipinski definition) is 5. The first-order valence-electron chi connectivity index (χ1n) is 4.31. The van der Waals surface area contributed by atoms with E-state index in [1.165, 1.54) is 6.33 Å². The topological polar surface area (TPSA) is 64.7 Å². The summed E-state index contributed by atoms with van der Waals surface area (Å²) in [7, 11) is 0. The van der Waals surface area contributed by atoms with E-state index in [1.54, 1.807) is 17.5 Å². The van der Waals surface area contributed by atoms with Gasteiger partial charge in [0.1, 0.15) is 17.0 Å². The molecule has 0 aliphatic rings. The van der Waals surface area contributed by atoms with Crippen LogP contribution in [-0.4, -0.2) is 21.5 Å². The normalized spacial score (nSPS) is 10.4. The summed E-state index contributed by atoms with van der Waals surface area (Å²) in [4.78, 5) is 12.4. The average molecular weight is 206 g/mol. The zero-order valence-corrected chi connectivity index (χ0v) is 8.37. The maximum absolute atomic E-state index is 5.45. The summed E-state index contributed by atoms with van der Waals surface area (Å²) in [5.74, 6) is 0. The largest absolute Gasteiger partial charge is 0.330 e. The molecule has 0 aromatic carbocycles. The Morgan fingerprint density at radius 3 is 3.07 bits per heavy atom. The van der Waals surface area contributed by atoms with Crippen molar-refractivity contribution in [2.45, 2.75) is 6.42 Å². The Kier molecular flexibility index (Phi) is 2.81. The van der Waals surface area contributed by atoms with Crippen LogP contribution in [0.5, 0.6) is 0 Å². The highest BCUT2D eigenvalue weighted by molar-refractivity contribution is 7.13. The van der Waals surface area contributed by atoms with Gasteiger partial charge in [-0.2, -0.15) is 0 Å². The van der Waals surface area contributed by atoms with E-state index in [0.29, 0.717) is 6.54 Å². The van der Waals surface area contributed by atoms with Gasteiger partial charge in [0.05, 0.1) is 5.69 Å². The van der Waals surface area contributed by atoms with E-state index in [-0.39, 0.29) is 0 Å². The third-order valence-electron chi connectivity index (χ3n) is 1.75. The third kappa shape index (κ3) is 1.94. The van der Waals surface area contributed by atoms with Gasteiger partial charge < -0.3 is 5.73 Å². The van der Waals surface area contributed by atoms with Crippen molar-refractivity contribution in [3.05, 3.63) is 29.7 Å². The second kappa shape index (κ2) is 4.26. The molecule has 0 atom stereocenters. The predicted octanol–water partition coefficient (Wildman–Crippen LogP) is 1.10. The van der Waals surface area contributed by atoms with Crippen LogP contribution in [0.25, 0.3) is 10.7 Å². The maximum atomic E-state index is 5.45. The minimum Gasteiger partial charge on any atom is -0.330 e. The highest BCUT2D eigenvalue weighted by Gasteiger charge is 2.04. The van der Waals surface area contributed by atoms with Gasteiger partial charge in [0.2, 0.25) is 0 Å². The lowest BCUT2D eigenvalue weighted by Crippen LogP contribution is -2.02. The number of rotatable bonds is 3. The molecule has 2 heterocycles. The van der Waals surface area contributed by atoms with Gasteiger partial charge in [-0.25, -0.2) is 15.0 Å². The number of nitrogens with zero attached hydrogens (tertiary/aromatic N) is 3. The lowest BCUT2D eigenvalue weighted by Gasteiger charge is -1.92. The van der Waals surface area contributed by atoms with Gasteiger partial charge >= 0.3 is 0 Å². The van der Waals surface area contributed by atoms with Gasteiger partial charge in [0.25, 0.3) is 0 Å². The fourth-order valence-corrected chi connectivity index (χ4v) is 1.93. The summed E-state index contributed by atoms with van der Waals surface area (Å²) in [5, 5.41) is 2.94. The van der Waals surface area contributed by atoms with Crippen LogP contribution in [0, 0.1) is 0 Å². The molecule has 0 saturated heterocycles. The molecule has 0 amide bonds. The lowest BCUT2D eigenvalue weighted by atomic mass is 10.3. The smallest absolute Gasteiger partial charge is 0.142 e. The van der Waals surface area contributed by atoms with Gasteiger partial charge in [0, 0.05) is 18.0 Å². The molecule has 0 radical (unpaired) electrons. The first-order valence-corrected chi connectivity index (χ1v) is 5.19. The minimum atomic E-state index is 0.632. The molecule has 0 unspecified atom stereocenters. The van der Waals surface area contributed by atoms with Crippen LogP contribution in [0.2, 0.25) is 0 Å². The molecular weight excluding hydrogens is 196 g/mol. The molecule has 2 aromatic heterocycles. The first-order chi connectivity index (χ1) is 6.90. The SMILES string of the molecule is NCCc1csc(-c2ccncn2)n1. The van der Waals surface area contributed by atoms with Gasteiger partial charge in [-0.05, 0) is 12.6 Å². The molecule has 72 valence electrons. The van der Waals surface area contributed by atoms with Crippen molar-refractivity contribution >= 4 is 11.3 Å². The lowest BCUT2D eigenvalue weighted by molar-refractivity contribution is 0.935. The molecule has 0 fully saturated rings. The van der Waals surface area contributed by atoms with E-state index >= 15 is 0 Å².